The van der Waals surface area contributed by atoms with Crippen molar-refractivity contribution in [2.45, 2.75) is 20.3 Å². The van der Waals surface area contributed by atoms with E-state index in [1.54, 1.807) is 0 Å². The first-order valence-electron chi connectivity index (χ1n) is 4.91. The van der Waals surface area contributed by atoms with Gasteiger partial charge in [0.1, 0.15) is 10.6 Å². The molecule has 1 aromatic rings. The molecule has 5 nitrogen and oxygen atoms in total. The summed E-state index contributed by atoms with van der Waals surface area (Å²) in [5, 5.41) is 0.782. The SMILES string of the molecule is CCCN(CC)c1snc(N)c1C(N)=O. The molecule has 0 saturated heterocycles. The summed E-state index contributed by atoms with van der Waals surface area (Å²) < 4.78 is 3.97. The lowest BCUT2D eigenvalue weighted by molar-refractivity contribution is 0.100. The molecule has 1 rings (SSSR count). The van der Waals surface area contributed by atoms with Crippen molar-refractivity contribution in [3.8, 4) is 0 Å². The van der Waals surface area contributed by atoms with Gasteiger partial charge in [-0.1, -0.05) is 6.92 Å². The van der Waals surface area contributed by atoms with Crippen LogP contribution in [-0.4, -0.2) is 23.4 Å². The number of nitrogens with two attached hydrogens (primary N) is 2. The first-order valence-corrected chi connectivity index (χ1v) is 5.69. The molecule has 0 spiro atoms. The molecule has 15 heavy (non-hydrogen) atoms. The Hall–Kier alpha value is -1.30. The Bertz CT molecular complexity index is 350. The number of nitrogens with zero attached hydrogens (tertiary/aromatic N) is 2. The molecular weight excluding hydrogens is 212 g/mol. The number of hydrogen-bond acceptors (Lipinski definition) is 5. The van der Waals surface area contributed by atoms with Crippen LogP contribution >= 0.6 is 11.5 Å². The Kier molecular flexibility index (Phi) is 3.90. The standard InChI is InChI=1S/C9H16N4OS/c1-3-5-13(4-2)9-6(8(11)14)7(10)12-15-9/h3-5H2,1-2H3,(H2,10,12)(H2,11,14). The number of amides is 1. The van der Waals surface area contributed by atoms with Gasteiger partial charge in [0.15, 0.2) is 5.82 Å². The second-order valence-corrected chi connectivity index (χ2v) is 3.94. The first-order chi connectivity index (χ1) is 7.11. The monoisotopic (exact) mass is 228 g/mol. The average molecular weight is 228 g/mol. The molecule has 0 aliphatic rings. The number of primary amides is 1. The molecule has 1 aromatic heterocycles. The van der Waals surface area contributed by atoms with Crippen molar-refractivity contribution in [3.63, 3.8) is 0 Å². The molecule has 0 saturated carbocycles. The molecule has 0 unspecified atom stereocenters. The number of anilines is 2. The number of nitrogen functional groups attached to an aromatic ring is 1. The van der Waals surface area contributed by atoms with Crippen molar-refractivity contribution < 1.29 is 4.79 Å². The van der Waals surface area contributed by atoms with Gasteiger partial charge in [0, 0.05) is 13.1 Å². The van der Waals surface area contributed by atoms with E-state index in [0.29, 0.717) is 5.56 Å². The summed E-state index contributed by atoms with van der Waals surface area (Å²) in [5.74, 6) is -0.275. The molecular formula is C9H16N4OS. The molecule has 0 aliphatic carbocycles. The summed E-state index contributed by atoms with van der Waals surface area (Å²) in [6, 6.07) is 0. The lowest BCUT2D eigenvalue weighted by Crippen LogP contribution is -2.25. The maximum atomic E-state index is 11.2. The molecule has 0 bridgehead atoms. The lowest BCUT2D eigenvalue weighted by atomic mass is 10.2. The number of rotatable bonds is 5. The minimum absolute atomic E-state index is 0.233. The maximum absolute atomic E-state index is 11.2. The van der Waals surface area contributed by atoms with Crippen molar-refractivity contribution >= 4 is 28.3 Å². The molecule has 84 valence electrons. The molecule has 0 radical (unpaired) electrons. The molecule has 1 amide bonds. The van der Waals surface area contributed by atoms with Crippen LogP contribution in [0.5, 0.6) is 0 Å². The fraction of sp³-hybridized carbons (Fsp3) is 0.556. The Morgan fingerprint density at radius 3 is 2.67 bits per heavy atom. The van der Waals surface area contributed by atoms with Crippen LogP contribution in [-0.2, 0) is 0 Å². The zero-order chi connectivity index (χ0) is 11.4. The molecule has 0 aliphatic heterocycles. The van der Waals surface area contributed by atoms with E-state index in [9.17, 15) is 4.79 Å². The number of carbonyl (C=O) groups excluding carboxylic acids is 1. The highest BCUT2D eigenvalue weighted by Crippen LogP contribution is 2.29. The summed E-state index contributed by atoms with van der Waals surface area (Å²) in [7, 11) is 0. The van der Waals surface area contributed by atoms with Gasteiger partial charge in [-0.3, -0.25) is 4.79 Å². The van der Waals surface area contributed by atoms with E-state index in [4.69, 9.17) is 11.5 Å². The van der Waals surface area contributed by atoms with Crippen LogP contribution in [0.1, 0.15) is 30.6 Å². The maximum Gasteiger partial charge on any atom is 0.255 e. The minimum atomic E-state index is -0.509. The highest BCUT2D eigenvalue weighted by atomic mass is 32.1. The van der Waals surface area contributed by atoms with Crippen LogP contribution in [0.4, 0.5) is 10.8 Å². The number of carbonyl (C=O) groups is 1. The predicted octanol–water partition coefficient (Wildman–Crippen LogP) is 1.06. The molecule has 4 N–H and O–H groups in total. The topological polar surface area (TPSA) is 85.2 Å². The number of hydrogen-bond donors (Lipinski definition) is 2. The molecule has 6 heteroatoms. The Morgan fingerprint density at radius 2 is 2.20 bits per heavy atom. The third-order valence-electron chi connectivity index (χ3n) is 2.11. The summed E-state index contributed by atoms with van der Waals surface area (Å²) in [5.41, 5.74) is 11.2. The molecule has 1 heterocycles. The van der Waals surface area contributed by atoms with E-state index in [2.05, 4.69) is 16.2 Å². The Labute approximate surface area is 93.2 Å². The van der Waals surface area contributed by atoms with E-state index in [1.807, 2.05) is 6.92 Å². The van der Waals surface area contributed by atoms with Crippen molar-refractivity contribution in [1.82, 2.24) is 4.37 Å². The van der Waals surface area contributed by atoms with Gasteiger partial charge < -0.3 is 16.4 Å². The van der Waals surface area contributed by atoms with Gasteiger partial charge in [0.25, 0.3) is 5.91 Å². The van der Waals surface area contributed by atoms with Crippen LogP contribution in [0, 0.1) is 0 Å². The summed E-state index contributed by atoms with van der Waals surface area (Å²) in [4.78, 5) is 13.3. The third kappa shape index (κ3) is 2.38. The second kappa shape index (κ2) is 4.97. The fourth-order valence-electron chi connectivity index (χ4n) is 1.41. The second-order valence-electron chi connectivity index (χ2n) is 3.19. The summed E-state index contributed by atoms with van der Waals surface area (Å²) in [6.45, 7) is 5.79. The van der Waals surface area contributed by atoms with E-state index < -0.39 is 5.91 Å². The lowest BCUT2D eigenvalue weighted by Gasteiger charge is -2.20. The highest BCUT2D eigenvalue weighted by Gasteiger charge is 2.20. The highest BCUT2D eigenvalue weighted by molar-refractivity contribution is 7.11. The fourth-order valence-corrected chi connectivity index (χ4v) is 2.32. The van der Waals surface area contributed by atoms with Gasteiger partial charge >= 0.3 is 0 Å². The van der Waals surface area contributed by atoms with Crippen LogP contribution in [0.2, 0.25) is 0 Å². The van der Waals surface area contributed by atoms with E-state index in [0.717, 1.165) is 24.5 Å². The van der Waals surface area contributed by atoms with Gasteiger partial charge in [-0.15, -0.1) is 0 Å². The first kappa shape index (κ1) is 11.8. The van der Waals surface area contributed by atoms with Crippen molar-refractivity contribution in [2.24, 2.45) is 5.73 Å². The zero-order valence-electron chi connectivity index (χ0n) is 8.99. The number of aromatic nitrogens is 1. The third-order valence-corrected chi connectivity index (χ3v) is 3.03. The Balaban J connectivity index is 3.06. The normalized spacial score (nSPS) is 10.3. The largest absolute Gasteiger partial charge is 0.382 e. The zero-order valence-corrected chi connectivity index (χ0v) is 9.80. The van der Waals surface area contributed by atoms with E-state index in [1.165, 1.54) is 11.5 Å². The van der Waals surface area contributed by atoms with Crippen LogP contribution < -0.4 is 16.4 Å². The van der Waals surface area contributed by atoms with Crippen molar-refractivity contribution in [3.05, 3.63) is 5.56 Å². The van der Waals surface area contributed by atoms with Crippen LogP contribution in [0.25, 0.3) is 0 Å². The van der Waals surface area contributed by atoms with E-state index in [-0.39, 0.29) is 5.82 Å². The summed E-state index contributed by atoms with van der Waals surface area (Å²) in [6.07, 6.45) is 1.00. The van der Waals surface area contributed by atoms with Gasteiger partial charge in [-0.05, 0) is 24.9 Å². The van der Waals surface area contributed by atoms with Gasteiger partial charge in [0.05, 0.1) is 0 Å². The van der Waals surface area contributed by atoms with Gasteiger partial charge in [0.2, 0.25) is 0 Å². The van der Waals surface area contributed by atoms with E-state index >= 15 is 0 Å². The quantitative estimate of drug-likeness (QED) is 0.789. The molecule has 0 atom stereocenters. The smallest absolute Gasteiger partial charge is 0.255 e. The van der Waals surface area contributed by atoms with Crippen molar-refractivity contribution in [1.29, 1.82) is 0 Å². The predicted molar refractivity (Wildman–Crippen MR) is 63.2 cm³/mol. The van der Waals surface area contributed by atoms with Crippen LogP contribution in [0.15, 0.2) is 0 Å². The minimum Gasteiger partial charge on any atom is -0.382 e. The average Bonchev–Trinajstić information content (AvgIpc) is 2.56. The molecule has 0 aromatic carbocycles. The van der Waals surface area contributed by atoms with Crippen molar-refractivity contribution in [2.75, 3.05) is 23.7 Å². The summed E-state index contributed by atoms with van der Waals surface area (Å²) >= 11 is 1.23. The van der Waals surface area contributed by atoms with Crippen LogP contribution in [0.3, 0.4) is 0 Å². The van der Waals surface area contributed by atoms with Gasteiger partial charge in [-0.2, -0.15) is 4.37 Å². The van der Waals surface area contributed by atoms with Gasteiger partial charge in [-0.25, -0.2) is 0 Å². The molecule has 0 fully saturated rings. The Morgan fingerprint density at radius 1 is 1.53 bits per heavy atom.